The van der Waals surface area contributed by atoms with E-state index in [2.05, 4.69) is 115 Å². The Labute approximate surface area is 266 Å². The van der Waals surface area contributed by atoms with E-state index >= 15 is 0 Å². The van der Waals surface area contributed by atoms with Gasteiger partial charge in [-0.3, -0.25) is 4.99 Å². The minimum absolute atomic E-state index is 0.483. The monoisotopic (exact) mass is 591 g/mol. The molecule has 0 spiro atoms. The lowest BCUT2D eigenvalue weighted by Crippen LogP contribution is -2.05. The summed E-state index contributed by atoms with van der Waals surface area (Å²) in [4.78, 5) is 14.4. The van der Waals surface area contributed by atoms with Crippen LogP contribution in [-0.4, -0.2) is 18.4 Å². The number of amidine groups is 2. The van der Waals surface area contributed by atoms with Crippen LogP contribution in [0.2, 0.25) is 0 Å². The second-order valence-electron chi connectivity index (χ2n) is 11.3. The van der Waals surface area contributed by atoms with Crippen LogP contribution in [0.3, 0.4) is 0 Å². The topological polar surface area (TPSA) is 50.2 Å². The van der Waals surface area contributed by atoms with E-state index in [1.165, 1.54) is 10.8 Å². The molecule has 0 saturated heterocycles. The summed E-state index contributed by atoms with van der Waals surface area (Å²) < 4.78 is 6.18. The van der Waals surface area contributed by atoms with E-state index in [0.717, 1.165) is 60.5 Å². The molecule has 0 N–H and O–H groups in total. The van der Waals surface area contributed by atoms with Crippen molar-refractivity contribution in [3.05, 3.63) is 168 Å². The lowest BCUT2D eigenvalue weighted by Gasteiger charge is -2.09. The Kier molecular flexibility index (Phi) is 7.01. The van der Waals surface area contributed by atoms with Crippen LogP contribution in [0, 0.1) is 0 Å². The van der Waals surface area contributed by atoms with E-state index in [-0.39, 0.29) is 0 Å². The summed E-state index contributed by atoms with van der Waals surface area (Å²) in [7, 11) is 0. The first kappa shape index (κ1) is 27.4. The molecule has 7 aromatic carbocycles. The van der Waals surface area contributed by atoms with E-state index in [1.54, 1.807) is 0 Å². The number of fused-ring (bicyclic) bond motifs is 5. The van der Waals surface area contributed by atoms with Crippen molar-refractivity contribution in [2.24, 2.45) is 15.0 Å². The molecule has 0 unspecified atom stereocenters. The number of furan rings is 1. The Morgan fingerprint density at radius 2 is 1.28 bits per heavy atom. The minimum Gasteiger partial charge on any atom is -0.456 e. The highest BCUT2D eigenvalue weighted by Gasteiger charge is 2.13. The molecule has 0 radical (unpaired) electrons. The van der Waals surface area contributed by atoms with Gasteiger partial charge in [0.2, 0.25) is 0 Å². The van der Waals surface area contributed by atoms with Gasteiger partial charge in [-0.05, 0) is 75.3 Å². The van der Waals surface area contributed by atoms with Crippen molar-refractivity contribution in [2.75, 3.05) is 0 Å². The van der Waals surface area contributed by atoms with Crippen LogP contribution in [-0.2, 0) is 6.54 Å². The molecular weight excluding hydrogens is 562 g/mol. The van der Waals surface area contributed by atoms with Crippen LogP contribution in [0.4, 0.5) is 0 Å². The molecule has 1 heterocycles. The lowest BCUT2D eigenvalue weighted by atomic mass is 9.96. The summed E-state index contributed by atoms with van der Waals surface area (Å²) in [5, 5.41) is 6.88. The fraction of sp³-hybridized carbons (Fsp3) is 0.0238. The first-order valence-electron chi connectivity index (χ1n) is 15.3. The third-order valence-corrected chi connectivity index (χ3v) is 8.43. The summed E-state index contributed by atoms with van der Waals surface area (Å²) in [6.45, 7) is 4.31. The van der Waals surface area contributed by atoms with E-state index in [0.29, 0.717) is 18.2 Å². The van der Waals surface area contributed by atoms with Crippen molar-refractivity contribution in [1.82, 2.24) is 0 Å². The van der Waals surface area contributed by atoms with Gasteiger partial charge in [-0.25, -0.2) is 9.98 Å². The molecule has 218 valence electrons. The van der Waals surface area contributed by atoms with Crippen LogP contribution in [0.1, 0.15) is 16.7 Å². The van der Waals surface area contributed by atoms with Gasteiger partial charge in [0, 0.05) is 21.9 Å². The smallest absolute Gasteiger partial charge is 0.161 e. The highest BCUT2D eigenvalue weighted by molar-refractivity contribution is 6.15. The standard InChI is InChI=1S/C42H29N3O/c1-43-41(31-11-3-2-4-12-31)45-42(44-27-28-18-19-29-10-5-6-13-32(29)24-28)34-23-21-30-20-22-33(25-35(30)26-34)36-15-9-17-39-40(36)37-14-7-8-16-38(37)46-39/h2-26H,1,27H2. The van der Waals surface area contributed by atoms with Gasteiger partial charge in [0.15, 0.2) is 11.7 Å². The highest BCUT2D eigenvalue weighted by Crippen LogP contribution is 2.37. The zero-order valence-electron chi connectivity index (χ0n) is 25.1. The average Bonchev–Trinajstić information content (AvgIpc) is 3.51. The Morgan fingerprint density at radius 1 is 0.543 bits per heavy atom. The summed E-state index contributed by atoms with van der Waals surface area (Å²) in [6, 6.07) is 52.2. The molecule has 0 bridgehead atoms. The van der Waals surface area contributed by atoms with Gasteiger partial charge < -0.3 is 4.42 Å². The van der Waals surface area contributed by atoms with Crippen LogP contribution in [0.15, 0.2) is 171 Å². The van der Waals surface area contributed by atoms with Gasteiger partial charge in [-0.15, -0.1) is 0 Å². The third-order valence-electron chi connectivity index (χ3n) is 8.43. The molecule has 0 aliphatic rings. The van der Waals surface area contributed by atoms with Crippen LogP contribution >= 0.6 is 0 Å². The van der Waals surface area contributed by atoms with Crippen LogP contribution in [0.5, 0.6) is 0 Å². The second kappa shape index (κ2) is 11.8. The van der Waals surface area contributed by atoms with Crippen molar-refractivity contribution < 1.29 is 4.42 Å². The number of aliphatic imine (C=N–C) groups is 3. The van der Waals surface area contributed by atoms with Gasteiger partial charge in [0.1, 0.15) is 11.2 Å². The third kappa shape index (κ3) is 5.16. The maximum atomic E-state index is 6.18. The molecule has 8 rings (SSSR count). The minimum atomic E-state index is 0.483. The van der Waals surface area contributed by atoms with Crippen molar-refractivity contribution in [1.29, 1.82) is 0 Å². The molecule has 0 aliphatic carbocycles. The van der Waals surface area contributed by atoms with Gasteiger partial charge in [-0.2, -0.15) is 0 Å². The number of nitrogens with zero attached hydrogens (tertiary/aromatic N) is 3. The number of para-hydroxylation sites is 1. The predicted octanol–water partition coefficient (Wildman–Crippen LogP) is 10.7. The van der Waals surface area contributed by atoms with Gasteiger partial charge in [0.25, 0.3) is 0 Å². The number of hydrogen-bond acceptors (Lipinski definition) is 2. The maximum Gasteiger partial charge on any atom is 0.161 e. The molecule has 8 aromatic rings. The van der Waals surface area contributed by atoms with Crippen molar-refractivity contribution in [3.63, 3.8) is 0 Å². The van der Waals surface area contributed by atoms with Gasteiger partial charge in [-0.1, -0.05) is 121 Å². The SMILES string of the molecule is C=NC(=NC(=NCc1ccc2ccccc2c1)c1ccc2ccc(-c3cccc4oc5ccccc5c34)cc2c1)c1ccccc1. The second-order valence-corrected chi connectivity index (χ2v) is 11.3. The highest BCUT2D eigenvalue weighted by atomic mass is 16.3. The molecule has 4 heteroatoms. The van der Waals surface area contributed by atoms with Gasteiger partial charge in [0.05, 0.1) is 6.54 Å². The average molecular weight is 592 g/mol. The van der Waals surface area contributed by atoms with Crippen molar-refractivity contribution >= 4 is 61.9 Å². The Morgan fingerprint density at radius 3 is 2.17 bits per heavy atom. The molecular formula is C42H29N3O. The summed E-state index contributed by atoms with van der Waals surface area (Å²) in [5.41, 5.74) is 6.95. The zero-order chi connectivity index (χ0) is 30.9. The van der Waals surface area contributed by atoms with E-state index < -0.39 is 0 Å². The quantitative estimate of drug-likeness (QED) is 0.145. The molecule has 0 atom stereocenters. The first-order valence-corrected chi connectivity index (χ1v) is 15.3. The number of rotatable bonds is 5. The van der Waals surface area contributed by atoms with Crippen LogP contribution in [0.25, 0.3) is 54.6 Å². The van der Waals surface area contributed by atoms with E-state index in [9.17, 15) is 0 Å². The lowest BCUT2D eigenvalue weighted by molar-refractivity contribution is 0.669. The molecule has 46 heavy (non-hydrogen) atoms. The normalized spacial score (nSPS) is 12.3. The van der Waals surface area contributed by atoms with Crippen LogP contribution < -0.4 is 0 Å². The molecule has 0 fully saturated rings. The predicted molar refractivity (Wildman–Crippen MR) is 193 cm³/mol. The number of benzene rings is 7. The fourth-order valence-electron chi connectivity index (χ4n) is 6.14. The summed E-state index contributed by atoms with van der Waals surface area (Å²) in [6.07, 6.45) is 0. The molecule has 1 aromatic heterocycles. The van der Waals surface area contributed by atoms with Crippen molar-refractivity contribution in [3.8, 4) is 11.1 Å². The summed E-state index contributed by atoms with van der Waals surface area (Å²) >= 11 is 0. The molecule has 0 saturated carbocycles. The Bertz CT molecular complexity index is 2470. The van der Waals surface area contributed by atoms with Crippen molar-refractivity contribution in [2.45, 2.75) is 6.54 Å². The molecule has 0 amide bonds. The molecule has 0 aliphatic heterocycles. The largest absolute Gasteiger partial charge is 0.456 e. The molecule has 4 nitrogen and oxygen atoms in total. The van der Waals surface area contributed by atoms with E-state index in [1.807, 2.05) is 48.5 Å². The Balaban J connectivity index is 1.24. The Hall–Kier alpha value is -6.13. The number of hydrogen-bond donors (Lipinski definition) is 0. The summed E-state index contributed by atoms with van der Waals surface area (Å²) in [5.74, 6) is 1.14. The fourth-order valence-corrected chi connectivity index (χ4v) is 6.14. The van der Waals surface area contributed by atoms with E-state index in [4.69, 9.17) is 14.4 Å². The van der Waals surface area contributed by atoms with Gasteiger partial charge >= 0.3 is 0 Å². The zero-order valence-corrected chi connectivity index (χ0v) is 25.1. The first-order chi connectivity index (χ1) is 22.7. The maximum absolute atomic E-state index is 6.18.